The number of rotatable bonds is 4. The summed E-state index contributed by atoms with van der Waals surface area (Å²) in [6.45, 7) is 2.43. The molecule has 0 spiro atoms. The molecule has 0 fully saturated rings. The molecule has 30 heavy (non-hydrogen) atoms. The molecule has 0 aliphatic carbocycles. The van der Waals surface area contributed by atoms with Crippen LogP contribution in [-0.4, -0.2) is 27.9 Å². The van der Waals surface area contributed by atoms with Gasteiger partial charge < -0.3 is 4.90 Å². The highest BCUT2D eigenvalue weighted by atomic mass is 35.5. The first-order valence-corrected chi connectivity index (χ1v) is 11.4. The van der Waals surface area contributed by atoms with Crippen LogP contribution in [0.15, 0.2) is 71.6 Å². The van der Waals surface area contributed by atoms with Crippen LogP contribution in [-0.2, 0) is 16.4 Å². The number of hydrogen-bond donors (Lipinski definition) is 0. The minimum Gasteiger partial charge on any atom is -0.308 e. The predicted octanol–water partition coefficient (Wildman–Crippen LogP) is 4.68. The Bertz CT molecular complexity index is 1220. The average molecular weight is 441 g/mol. The lowest BCUT2D eigenvalue weighted by Gasteiger charge is -2.23. The van der Waals surface area contributed by atoms with Crippen molar-refractivity contribution in [2.24, 2.45) is 0 Å². The van der Waals surface area contributed by atoms with Crippen molar-refractivity contribution < 1.29 is 13.2 Å². The van der Waals surface area contributed by atoms with Gasteiger partial charge in [-0.2, -0.15) is 0 Å². The molecule has 3 aromatic rings. The van der Waals surface area contributed by atoms with Gasteiger partial charge in [-0.05, 0) is 66.9 Å². The molecule has 154 valence electrons. The van der Waals surface area contributed by atoms with Gasteiger partial charge in [-0.3, -0.25) is 9.10 Å². The van der Waals surface area contributed by atoms with Crippen LogP contribution in [0.2, 0.25) is 5.02 Å². The third-order valence-corrected chi connectivity index (χ3v) is 7.44. The highest BCUT2D eigenvalue weighted by Crippen LogP contribution is 2.31. The number of hydrogen-bond acceptors (Lipinski definition) is 3. The first-order valence-electron chi connectivity index (χ1n) is 9.54. The summed E-state index contributed by atoms with van der Waals surface area (Å²) in [6.07, 6.45) is 0.811. The number of nitrogens with zero attached hydrogens (tertiary/aromatic N) is 2. The zero-order chi connectivity index (χ0) is 21.5. The van der Waals surface area contributed by atoms with Crippen molar-refractivity contribution >= 4 is 38.9 Å². The molecule has 0 unspecified atom stereocenters. The predicted molar refractivity (Wildman–Crippen MR) is 120 cm³/mol. The van der Waals surface area contributed by atoms with Crippen LogP contribution in [0.3, 0.4) is 0 Å². The third-order valence-electron chi connectivity index (χ3n) is 5.40. The Labute approximate surface area is 181 Å². The fourth-order valence-electron chi connectivity index (χ4n) is 3.68. The van der Waals surface area contributed by atoms with E-state index in [0.29, 0.717) is 22.8 Å². The maximum absolute atomic E-state index is 13.2. The zero-order valence-electron chi connectivity index (χ0n) is 16.7. The van der Waals surface area contributed by atoms with Crippen molar-refractivity contribution in [3.8, 4) is 0 Å². The summed E-state index contributed by atoms with van der Waals surface area (Å²) >= 11 is 5.89. The normalized spacial score (nSPS) is 13.2. The minimum absolute atomic E-state index is 0.138. The van der Waals surface area contributed by atoms with E-state index in [1.807, 2.05) is 31.2 Å². The van der Waals surface area contributed by atoms with Crippen molar-refractivity contribution in [3.05, 3.63) is 88.4 Å². The quantitative estimate of drug-likeness (QED) is 0.592. The first kappa shape index (κ1) is 20.4. The van der Waals surface area contributed by atoms with E-state index in [4.69, 9.17) is 11.6 Å². The van der Waals surface area contributed by atoms with Gasteiger partial charge in [-0.25, -0.2) is 8.42 Å². The summed E-state index contributed by atoms with van der Waals surface area (Å²) in [5.41, 5.74) is 3.72. The van der Waals surface area contributed by atoms with Crippen LogP contribution in [0.5, 0.6) is 0 Å². The van der Waals surface area contributed by atoms with Gasteiger partial charge in [0.05, 0.1) is 10.6 Å². The van der Waals surface area contributed by atoms with E-state index in [2.05, 4.69) is 0 Å². The molecule has 3 aromatic carbocycles. The molecule has 1 heterocycles. The van der Waals surface area contributed by atoms with E-state index in [1.165, 1.54) is 23.5 Å². The summed E-state index contributed by atoms with van der Waals surface area (Å²) < 4.78 is 27.4. The lowest BCUT2D eigenvalue weighted by molar-refractivity contribution is 0.0989. The zero-order valence-corrected chi connectivity index (χ0v) is 18.2. The number of amides is 1. The minimum atomic E-state index is -3.79. The van der Waals surface area contributed by atoms with Crippen molar-refractivity contribution in [1.82, 2.24) is 0 Å². The number of para-hydroxylation sites is 1. The smallest absolute Gasteiger partial charge is 0.264 e. The molecular formula is C23H21ClN2O3S. The topological polar surface area (TPSA) is 57.7 Å². The molecule has 0 atom stereocenters. The Morgan fingerprint density at radius 3 is 2.47 bits per heavy atom. The fraction of sp³-hybridized carbons (Fsp3) is 0.174. The van der Waals surface area contributed by atoms with E-state index in [-0.39, 0.29) is 10.8 Å². The monoisotopic (exact) mass is 440 g/mol. The van der Waals surface area contributed by atoms with Crippen LogP contribution in [0, 0.1) is 6.92 Å². The third kappa shape index (κ3) is 3.57. The Hall–Kier alpha value is -2.83. The summed E-state index contributed by atoms with van der Waals surface area (Å²) in [7, 11) is -2.30. The average Bonchev–Trinajstić information content (AvgIpc) is 3.17. The molecule has 0 saturated carbocycles. The van der Waals surface area contributed by atoms with Gasteiger partial charge in [-0.15, -0.1) is 0 Å². The Morgan fingerprint density at radius 2 is 1.73 bits per heavy atom. The standard InChI is InChI=1S/C23H21ClN2O3S/c1-16-7-8-18(23(27)26-14-13-17-5-3-4-6-21(17)26)15-22(16)25(2)30(28,29)20-11-9-19(24)10-12-20/h3-12,15H,13-14H2,1-2H3. The Balaban J connectivity index is 1.68. The van der Waals surface area contributed by atoms with E-state index in [1.54, 1.807) is 35.2 Å². The van der Waals surface area contributed by atoms with Gasteiger partial charge in [0.2, 0.25) is 0 Å². The van der Waals surface area contributed by atoms with Crippen LogP contribution in [0.25, 0.3) is 0 Å². The second kappa shape index (κ2) is 7.78. The van der Waals surface area contributed by atoms with Gasteiger partial charge >= 0.3 is 0 Å². The molecule has 0 saturated heterocycles. The molecule has 4 rings (SSSR count). The molecular weight excluding hydrogens is 420 g/mol. The summed E-state index contributed by atoms with van der Waals surface area (Å²) in [5, 5.41) is 0.464. The number of fused-ring (bicyclic) bond motifs is 1. The van der Waals surface area contributed by atoms with E-state index >= 15 is 0 Å². The number of benzene rings is 3. The van der Waals surface area contributed by atoms with Crippen LogP contribution in [0.1, 0.15) is 21.5 Å². The largest absolute Gasteiger partial charge is 0.308 e. The lowest BCUT2D eigenvalue weighted by Crippen LogP contribution is -2.30. The van der Waals surface area contributed by atoms with Crippen molar-refractivity contribution in [3.63, 3.8) is 0 Å². The fourth-order valence-corrected chi connectivity index (χ4v) is 5.06. The highest BCUT2D eigenvalue weighted by molar-refractivity contribution is 7.92. The molecule has 1 amide bonds. The highest BCUT2D eigenvalue weighted by Gasteiger charge is 2.27. The number of halogens is 1. The number of sulfonamides is 1. The maximum Gasteiger partial charge on any atom is 0.264 e. The van der Waals surface area contributed by atoms with Crippen LogP contribution >= 0.6 is 11.6 Å². The van der Waals surface area contributed by atoms with E-state index in [9.17, 15) is 13.2 Å². The molecule has 5 nitrogen and oxygen atoms in total. The van der Waals surface area contributed by atoms with Gasteiger partial charge in [0, 0.05) is 29.9 Å². The Kier molecular flexibility index (Phi) is 5.30. The number of carbonyl (C=O) groups is 1. The number of anilines is 2. The molecule has 1 aliphatic rings. The molecule has 7 heteroatoms. The van der Waals surface area contributed by atoms with Crippen molar-refractivity contribution in [1.29, 1.82) is 0 Å². The van der Waals surface area contributed by atoms with Gasteiger partial charge in [0.1, 0.15) is 0 Å². The van der Waals surface area contributed by atoms with Crippen molar-refractivity contribution in [2.75, 3.05) is 22.8 Å². The second-order valence-corrected chi connectivity index (χ2v) is 9.67. The molecule has 0 radical (unpaired) electrons. The summed E-state index contributed by atoms with van der Waals surface area (Å²) in [4.78, 5) is 15.1. The van der Waals surface area contributed by atoms with Crippen LogP contribution in [0.4, 0.5) is 11.4 Å². The molecule has 0 bridgehead atoms. The van der Waals surface area contributed by atoms with Gasteiger partial charge in [0.25, 0.3) is 15.9 Å². The maximum atomic E-state index is 13.2. The van der Waals surface area contributed by atoms with E-state index in [0.717, 1.165) is 23.2 Å². The molecule has 1 aliphatic heterocycles. The van der Waals surface area contributed by atoms with Crippen LogP contribution < -0.4 is 9.21 Å². The molecule has 0 N–H and O–H groups in total. The SMILES string of the molecule is Cc1ccc(C(=O)N2CCc3ccccc32)cc1N(C)S(=O)(=O)c1ccc(Cl)cc1. The van der Waals surface area contributed by atoms with E-state index < -0.39 is 10.0 Å². The molecule has 0 aromatic heterocycles. The second-order valence-electron chi connectivity index (χ2n) is 7.26. The number of carbonyl (C=O) groups excluding carboxylic acids is 1. The first-order chi connectivity index (χ1) is 14.3. The van der Waals surface area contributed by atoms with Gasteiger partial charge in [0.15, 0.2) is 0 Å². The van der Waals surface area contributed by atoms with Crippen molar-refractivity contribution in [2.45, 2.75) is 18.2 Å². The Morgan fingerprint density at radius 1 is 1.03 bits per heavy atom. The summed E-state index contributed by atoms with van der Waals surface area (Å²) in [6, 6.07) is 19.0. The number of aryl methyl sites for hydroxylation is 1. The van der Waals surface area contributed by atoms with Gasteiger partial charge in [-0.1, -0.05) is 35.9 Å². The summed E-state index contributed by atoms with van der Waals surface area (Å²) in [5.74, 6) is -0.140. The lowest BCUT2D eigenvalue weighted by atomic mass is 10.1.